The van der Waals surface area contributed by atoms with E-state index in [2.05, 4.69) is 5.32 Å². The van der Waals surface area contributed by atoms with Crippen molar-refractivity contribution in [2.24, 2.45) is 17.3 Å². The minimum Gasteiger partial charge on any atom is -0.480 e. The number of amides is 2. The molecule has 0 aromatic rings. The Kier molecular flexibility index (Phi) is 5.32. The third-order valence-electron chi connectivity index (χ3n) is 4.60. The lowest BCUT2D eigenvalue weighted by molar-refractivity contribution is -0.146. The fraction of sp³-hybridized carbons (Fsp3) is 0.824. The largest absolute Gasteiger partial charge is 0.480 e. The highest BCUT2D eigenvalue weighted by Crippen LogP contribution is 2.33. The lowest BCUT2D eigenvalue weighted by atomic mass is 9.90. The fourth-order valence-corrected chi connectivity index (χ4v) is 3.05. The minimum atomic E-state index is -0.969. The topological polar surface area (TPSA) is 86.7 Å². The number of carboxylic acids is 1. The Labute approximate surface area is 137 Å². The number of aliphatic carboxylic acids is 1. The third-order valence-corrected chi connectivity index (χ3v) is 4.60. The van der Waals surface area contributed by atoms with E-state index in [0.717, 1.165) is 19.3 Å². The van der Waals surface area contributed by atoms with Gasteiger partial charge in [-0.3, -0.25) is 9.59 Å². The summed E-state index contributed by atoms with van der Waals surface area (Å²) in [5.41, 5.74) is -0.464. The van der Waals surface area contributed by atoms with Crippen LogP contribution in [-0.4, -0.2) is 46.9 Å². The monoisotopic (exact) mass is 324 g/mol. The Hall–Kier alpha value is -1.59. The number of carbonyl (C=O) groups is 3. The van der Waals surface area contributed by atoms with Crippen LogP contribution in [0.5, 0.6) is 0 Å². The van der Waals surface area contributed by atoms with Crippen molar-refractivity contribution in [3.63, 3.8) is 0 Å². The predicted molar refractivity (Wildman–Crippen MR) is 85.7 cm³/mol. The van der Waals surface area contributed by atoms with E-state index in [1.165, 1.54) is 0 Å². The molecule has 2 aliphatic rings. The zero-order chi connectivity index (χ0) is 17.2. The smallest absolute Gasteiger partial charge is 0.326 e. The van der Waals surface area contributed by atoms with Crippen LogP contribution >= 0.6 is 0 Å². The summed E-state index contributed by atoms with van der Waals surface area (Å²) < 4.78 is 0. The molecule has 0 aromatic carbocycles. The maximum Gasteiger partial charge on any atom is 0.326 e. The van der Waals surface area contributed by atoms with Crippen molar-refractivity contribution < 1.29 is 19.5 Å². The number of nitrogens with one attached hydrogen (secondary N) is 1. The van der Waals surface area contributed by atoms with Gasteiger partial charge in [0.05, 0.1) is 5.92 Å². The number of piperidine rings is 1. The van der Waals surface area contributed by atoms with Crippen molar-refractivity contribution in [1.29, 1.82) is 0 Å². The highest BCUT2D eigenvalue weighted by atomic mass is 16.4. The fourth-order valence-electron chi connectivity index (χ4n) is 3.05. The van der Waals surface area contributed by atoms with E-state index in [1.54, 1.807) is 4.90 Å². The Bertz CT molecular complexity index is 479. The van der Waals surface area contributed by atoms with Crippen molar-refractivity contribution in [3.8, 4) is 0 Å². The van der Waals surface area contributed by atoms with Crippen LogP contribution in [0.4, 0.5) is 0 Å². The molecule has 1 aliphatic carbocycles. The van der Waals surface area contributed by atoms with E-state index in [1.807, 2.05) is 20.8 Å². The first-order chi connectivity index (χ1) is 10.7. The molecule has 0 radical (unpaired) electrons. The lowest BCUT2D eigenvalue weighted by Gasteiger charge is -2.36. The molecular weight excluding hydrogens is 296 g/mol. The van der Waals surface area contributed by atoms with Gasteiger partial charge in [0.2, 0.25) is 11.8 Å². The second-order valence-electron chi connectivity index (χ2n) is 7.92. The highest BCUT2D eigenvalue weighted by molar-refractivity contribution is 5.86. The molecule has 0 spiro atoms. The van der Waals surface area contributed by atoms with Gasteiger partial charge >= 0.3 is 5.97 Å². The van der Waals surface area contributed by atoms with Crippen molar-refractivity contribution in [1.82, 2.24) is 10.2 Å². The van der Waals surface area contributed by atoms with Crippen molar-refractivity contribution in [2.75, 3.05) is 13.1 Å². The number of likely N-dealkylation sites (tertiary alicyclic amines) is 1. The Morgan fingerprint density at radius 3 is 2.39 bits per heavy atom. The normalized spacial score (nSPS) is 23.3. The number of hydrogen-bond acceptors (Lipinski definition) is 3. The average Bonchev–Trinajstić information content (AvgIpc) is 3.28. The van der Waals surface area contributed by atoms with Crippen LogP contribution in [-0.2, 0) is 14.4 Å². The van der Waals surface area contributed by atoms with Gasteiger partial charge in [-0.25, -0.2) is 4.79 Å². The molecule has 1 saturated heterocycles. The average molecular weight is 324 g/mol. The molecule has 6 nitrogen and oxygen atoms in total. The van der Waals surface area contributed by atoms with Crippen LogP contribution in [0.1, 0.15) is 52.9 Å². The van der Waals surface area contributed by atoms with E-state index in [-0.39, 0.29) is 17.7 Å². The second kappa shape index (κ2) is 6.89. The van der Waals surface area contributed by atoms with Gasteiger partial charge in [-0.15, -0.1) is 0 Å². The molecule has 0 bridgehead atoms. The van der Waals surface area contributed by atoms with Gasteiger partial charge in [-0.1, -0.05) is 33.6 Å². The molecule has 6 heteroatoms. The van der Waals surface area contributed by atoms with Gasteiger partial charge in [-0.2, -0.15) is 0 Å². The van der Waals surface area contributed by atoms with Crippen molar-refractivity contribution >= 4 is 17.8 Å². The first-order valence-corrected chi connectivity index (χ1v) is 8.51. The number of nitrogens with zero attached hydrogens (tertiary/aromatic N) is 1. The van der Waals surface area contributed by atoms with Gasteiger partial charge in [0.1, 0.15) is 6.04 Å². The SMILES string of the molecule is CC(C)(C)C(=O)N1CCCC(C(=O)NC(CC2CC2)C(=O)O)C1. The molecule has 130 valence electrons. The number of carbonyl (C=O) groups excluding carboxylic acids is 2. The second-order valence-corrected chi connectivity index (χ2v) is 7.92. The minimum absolute atomic E-state index is 0.0442. The molecule has 1 saturated carbocycles. The van der Waals surface area contributed by atoms with E-state index < -0.39 is 17.4 Å². The van der Waals surface area contributed by atoms with Crippen LogP contribution in [0.25, 0.3) is 0 Å². The summed E-state index contributed by atoms with van der Waals surface area (Å²) in [6, 6.07) is -0.802. The van der Waals surface area contributed by atoms with E-state index in [9.17, 15) is 19.5 Å². The zero-order valence-corrected chi connectivity index (χ0v) is 14.3. The standard InChI is InChI=1S/C17H28N2O4/c1-17(2,3)16(23)19-8-4-5-12(10-19)14(20)18-13(15(21)22)9-11-6-7-11/h11-13H,4-10H2,1-3H3,(H,18,20)(H,21,22). The van der Waals surface area contributed by atoms with Gasteiger partial charge < -0.3 is 15.3 Å². The van der Waals surface area contributed by atoms with Crippen LogP contribution in [0, 0.1) is 17.3 Å². The summed E-state index contributed by atoms with van der Waals surface area (Å²) >= 11 is 0. The highest BCUT2D eigenvalue weighted by Gasteiger charge is 2.35. The molecule has 0 aromatic heterocycles. The Balaban J connectivity index is 1.92. The van der Waals surface area contributed by atoms with Gasteiger partial charge in [0.25, 0.3) is 0 Å². The molecule has 2 N–H and O–H groups in total. The predicted octanol–water partition coefficient (Wildman–Crippen LogP) is 1.64. The quantitative estimate of drug-likeness (QED) is 0.805. The van der Waals surface area contributed by atoms with Crippen LogP contribution < -0.4 is 5.32 Å². The Morgan fingerprint density at radius 1 is 1.22 bits per heavy atom. The van der Waals surface area contributed by atoms with Gasteiger partial charge in [-0.05, 0) is 25.2 Å². The summed E-state index contributed by atoms with van der Waals surface area (Å²) in [5.74, 6) is -1.03. The molecule has 2 fully saturated rings. The van der Waals surface area contributed by atoms with Gasteiger partial charge in [0, 0.05) is 18.5 Å². The van der Waals surface area contributed by atoms with E-state index in [4.69, 9.17) is 0 Å². The molecule has 1 aliphatic heterocycles. The number of rotatable bonds is 5. The summed E-state index contributed by atoms with van der Waals surface area (Å²) in [6.45, 7) is 6.67. The molecular formula is C17H28N2O4. The van der Waals surface area contributed by atoms with Gasteiger partial charge in [0.15, 0.2) is 0 Å². The molecule has 2 atom stereocenters. The molecule has 1 heterocycles. The summed E-state index contributed by atoms with van der Waals surface area (Å²) in [7, 11) is 0. The third kappa shape index (κ3) is 4.94. The number of carboxylic acid groups (broad SMARTS) is 1. The van der Waals surface area contributed by atoms with E-state index in [0.29, 0.717) is 31.8 Å². The first-order valence-electron chi connectivity index (χ1n) is 8.51. The molecule has 23 heavy (non-hydrogen) atoms. The maximum atomic E-state index is 12.4. The molecule has 2 unspecified atom stereocenters. The molecule has 2 amide bonds. The van der Waals surface area contributed by atoms with Crippen LogP contribution in [0.2, 0.25) is 0 Å². The summed E-state index contributed by atoms with van der Waals surface area (Å²) in [4.78, 5) is 37.8. The zero-order valence-electron chi connectivity index (χ0n) is 14.3. The van der Waals surface area contributed by atoms with Crippen LogP contribution in [0.15, 0.2) is 0 Å². The maximum absolute atomic E-state index is 12.4. The van der Waals surface area contributed by atoms with Crippen molar-refractivity contribution in [2.45, 2.75) is 58.9 Å². The Morgan fingerprint density at radius 2 is 1.87 bits per heavy atom. The summed E-state index contributed by atoms with van der Waals surface area (Å²) in [6.07, 6.45) is 4.10. The molecule has 2 rings (SSSR count). The number of hydrogen-bond donors (Lipinski definition) is 2. The first kappa shape index (κ1) is 17.8. The lowest BCUT2D eigenvalue weighted by Crippen LogP contribution is -2.51. The van der Waals surface area contributed by atoms with E-state index >= 15 is 0 Å². The summed E-state index contributed by atoms with van der Waals surface area (Å²) in [5, 5.41) is 11.9. The van der Waals surface area contributed by atoms with Crippen molar-refractivity contribution in [3.05, 3.63) is 0 Å². The van der Waals surface area contributed by atoms with Crippen LogP contribution in [0.3, 0.4) is 0 Å².